The standard InChI is InChI=1S/C21H19NO5S2/c1-26-13-6-7-15-16(12-13)14-4-2-3-5-17(14)29-21(15)28-11-10-20(25)27-22-18(23)8-9-19(22)24/h2-7,12,21H,8-11H2,1H3. The molecule has 1 atom stereocenters. The Hall–Kier alpha value is -2.45. The first-order valence-corrected chi connectivity index (χ1v) is 11.1. The molecule has 0 N–H and O–H groups in total. The molecular weight excluding hydrogens is 410 g/mol. The van der Waals surface area contributed by atoms with Gasteiger partial charge in [0, 0.05) is 23.5 Å². The lowest BCUT2D eigenvalue weighted by atomic mass is 9.99. The number of hydroxylamine groups is 2. The lowest BCUT2D eigenvalue weighted by Crippen LogP contribution is -2.32. The summed E-state index contributed by atoms with van der Waals surface area (Å²) in [7, 11) is 1.65. The van der Waals surface area contributed by atoms with Gasteiger partial charge in [0.2, 0.25) is 0 Å². The zero-order valence-electron chi connectivity index (χ0n) is 15.8. The normalized spacial score (nSPS) is 17.7. The Morgan fingerprint density at radius 2 is 1.90 bits per heavy atom. The highest BCUT2D eigenvalue weighted by Gasteiger charge is 2.33. The molecule has 0 spiro atoms. The zero-order valence-corrected chi connectivity index (χ0v) is 17.4. The molecule has 1 fully saturated rings. The van der Waals surface area contributed by atoms with Crippen LogP contribution in [0.1, 0.15) is 29.4 Å². The molecule has 150 valence electrons. The molecule has 2 amide bonds. The molecule has 1 unspecified atom stereocenters. The fourth-order valence-electron chi connectivity index (χ4n) is 3.25. The van der Waals surface area contributed by atoms with Crippen molar-refractivity contribution in [1.29, 1.82) is 0 Å². The van der Waals surface area contributed by atoms with Crippen LogP contribution in [-0.2, 0) is 19.2 Å². The number of hydrogen-bond acceptors (Lipinski definition) is 7. The molecule has 29 heavy (non-hydrogen) atoms. The van der Waals surface area contributed by atoms with Crippen LogP contribution >= 0.6 is 23.5 Å². The summed E-state index contributed by atoms with van der Waals surface area (Å²) < 4.78 is 5.51. The topological polar surface area (TPSA) is 72.9 Å². The van der Waals surface area contributed by atoms with E-state index in [1.807, 2.05) is 24.3 Å². The molecule has 2 aliphatic rings. The molecule has 2 aliphatic heterocycles. The van der Waals surface area contributed by atoms with Crippen molar-refractivity contribution in [2.24, 2.45) is 0 Å². The third-order valence-electron chi connectivity index (χ3n) is 4.70. The van der Waals surface area contributed by atoms with Crippen LogP contribution in [0, 0.1) is 0 Å². The van der Waals surface area contributed by atoms with E-state index in [2.05, 4.69) is 18.2 Å². The average Bonchev–Trinajstić information content (AvgIpc) is 3.05. The summed E-state index contributed by atoms with van der Waals surface area (Å²) in [4.78, 5) is 41.3. The number of hydrogen-bond donors (Lipinski definition) is 0. The second-order valence-corrected chi connectivity index (χ2v) is 9.22. The molecule has 4 rings (SSSR count). The first-order chi connectivity index (χ1) is 14.1. The number of methoxy groups -OCH3 is 1. The molecule has 6 nitrogen and oxygen atoms in total. The predicted molar refractivity (Wildman–Crippen MR) is 111 cm³/mol. The van der Waals surface area contributed by atoms with Crippen molar-refractivity contribution in [3.63, 3.8) is 0 Å². The number of benzene rings is 2. The van der Waals surface area contributed by atoms with E-state index in [1.54, 1.807) is 30.6 Å². The van der Waals surface area contributed by atoms with Gasteiger partial charge in [-0.2, -0.15) is 0 Å². The van der Waals surface area contributed by atoms with Crippen LogP contribution < -0.4 is 4.74 Å². The van der Waals surface area contributed by atoms with Crippen molar-refractivity contribution in [2.75, 3.05) is 12.9 Å². The van der Waals surface area contributed by atoms with Gasteiger partial charge >= 0.3 is 5.97 Å². The van der Waals surface area contributed by atoms with Crippen LogP contribution in [0.5, 0.6) is 5.75 Å². The summed E-state index contributed by atoms with van der Waals surface area (Å²) >= 11 is 3.39. The summed E-state index contributed by atoms with van der Waals surface area (Å²) in [6.07, 6.45) is 0.310. The summed E-state index contributed by atoms with van der Waals surface area (Å²) in [5.41, 5.74) is 3.48. The van der Waals surface area contributed by atoms with E-state index in [0.717, 1.165) is 11.3 Å². The Balaban J connectivity index is 1.43. The first kappa shape index (κ1) is 19.8. The van der Waals surface area contributed by atoms with Crippen molar-refractivity contribution < 1.29 is 24.0 Å². The predicted octanol–water partition coefficient (Wildman–Crippen LogP) is 4.20. The SMILES string of the molecule is COc1ccc2c(c1)-c1ccccc1SC2SCCC(=O)ON1C(=O)CCC1=O. The number of ether oxygens (including phenoxy) is 1. The Bertz CT molecular complexity index is 961. The molecule has 2 aromatic rings. The molecule has 8 heteroatoms. The van der Waals surface area contributed by atoms with Crippen LogP contribution in [0.25, 0.3) is 11.1 Å². The van der Waals surface area contributed by atoms with Crippen molar-refractivity contribution >= 4 is 41.3 Å². The Labute approximate surface area is 176 Å². The number of amides is 2. The molecule has 0 aromatic heterocycles. The van der Waals surface area contributed by atoms with E-state index in [-0.39, 0.29) is 23.8 Å². The van der Waals surface area contributed by atoms with Gasteiger partial charge in [-0.15, -0.1) is 28.6 Å². The van der Waals surface area contributed by atoms with Crippen molar-refractivity contribution in [2.45, 2.75) is 28.7 Å². The molecule has 2 heterocycles. The summed E-state index contributed by atoms with van der Waals surface area (Å²) in [5.74, 6) is -0.174. The number of fused-ring (bicyclic) bond motifs is 3. The second kappa shape index (κ2) is 8.51. The van der Waals surface area contributed by atoms with Crippen LogP contribution in [-0.4, -0.2) is 35.7 Å². The van der Waals surface area contributed by atoms with Crippen molar-refractivity contribution in [1.82, 2.24) is 5.06 Å². The number of carbonyl (C=O) groups excluding carboxylic acids is 3. The van der Waals surface area contributed by atoms with Gasteiger partial charge in [-0.25, -0.2) is 4.79 Å². The molecular formula is C21H19NO5S2. The minimum atomic E-state index is -0.572. The first-order valence-electron chi connectivity index (χ1n) is 9.19. The van der Waals surface area contributed by atoms with Gasteiger partial charge in [0.25, 0.3) is 11.8 Å². The lowest BCUT2D eigenvalue weighted by Gasteiger charge is -2.27. The maximum atomic E-state index is 12.1. The molecule has 0 bridgehead atoms. The molecule has 0 saturated carbocycles. The fourth-order valence-corrected chi connectivity index (χ4v) is 6.03. The van der Waals surface area contributed by atoms with Gasteiger partial charge in [0.05, 0.1) is 18.1 Å². The number of thioether (sulfide) groups is 2. The Kier molecular flexibility index (Phi) is 5.82. The minimum absolute atomic E-state index is 0.0965. The van der Waals surface area contributed by atoms with Gasteiger partial charge < -0.3 is 9.57 Å². The van der Waals surface area contributed by atoms with Gasteiger partial charge in [0.15, 0.2) is 0 Å². The van der Waals surface area contributed by atoms with E-state index >= 15 is 0 Å². The van der Waals surface area contributed by atoms with Gasteiger partial charge in [-0.3, -0.25) is 9.59 Å². The number of imide groups is 1. The fraction of sp³-hybridized carbons (Fsp3) is 0.286. The monoisotopic (exact) mass is 429 g/mol. The third kappa shape index (κ3) is 4.13. The van der Waals surface area contributed by atoms with Gasteiger partial charge in [0.1, 0.15) is 5.75 Å². The molecule has 2 aromatic carbocycles. The van der Waals surface area contributed by atoms with E-state index < -0.39 is 17.8 Å². The van der Waals surface area contributed by atoms with Crippen molar-refractivity contribution in [3.05, 3.63) is 48.0 Å². The van der Waals surface area contributed by atoms with Crippen LogP contribution in [0.3, 0.4) is 0 Å². The smallest absolute Gasteiger partial charge is 0.334 e. The van der Waals surface area contributed by atoms with Gasteiger partial charge in [-0.1, -0.05) is 24.3 Å². The second-order valence-electron chi connectivity index (χ2n) is 6.57. The summed E-state index contributed by atoms with van der Waals surface area (Å²) in [6, 6.07) is 14.3. The van der Waals surface area contributed by atoms with Crippen molar-refractivity contribution in [3.8, 4) is 16.9 Å². The Morgan fingerprint density at radius 3 is 2.66 bits per heavy atom. The van der Waals surface area contributed by atoms with E-state index in [4.69, 9.17) is 9.57 Å². The zero-order chi connectivity index (χ0) is 20.4. The minimum Gasteiger partial charge on any atom is -0.497 e. The Morgan fingerprint density at radius 1 is 1.14 bits per heavy atom. The van der Waals surface area contributed by atoms with Crippen LogP contribution in [0.2, 0.25) is 0 Å². The van der Waals surface area contributed by atoms with Crippen LogP contribution in [0.4, 0.5) is 0 Å². The third-order valence-corrected chi connectivity index (χ3v) is 7.47. The maximum Gasteiger partial charge on any atom is 0.334 e. The largest absolute Gasteiger partial charge is 0.497 e. The highest BCUT2D eigenvalue weighted by molar-refractivity contribution is 8.16. The lowest BCUT2D eigenvalue weighted by molar-refractivity contribution is -0.197. The average molecular weight is 430 g/mol. The summed E-state index contributed by atoms with van der Waals surface area (Å²) in [6.45, 7) is 0. The number of carbonyl (C=O) groups is 3. The highest BCUT2D eigenvalue weighted by Crippen LogP contribution is 2.54. The summed E-state index contributed by atoms with van der Waals surface area (Å²) in [5, 5.41) is 0.597. The number of rotatable bonds is 6. The maximum absolute atomic E-state index is 12.1. The molecule has 0 aliphatic carbocycles. The van der Waals surface area contributed by atoms with Gasteiger partial charge in [-0.05, 0) is 34.9 Å². The van der Waals surface area contributed by atoms with E-state index in [1.165, 1.54) is 16.0 Å². The van der Waals surface area contributed by atoms with E-state index in [0.29, 0.717) is 10.8 Å². The van der Waals surface area contributed by atoms with E-state index in [9.17, 15) is 14.4 Å². The van der Waals surface area contributed by atoms with Crippen LogP contribution in [0.15, 0.2) is 47.4 Å². The quantitative estimate of drug-likeness (QED) is 0.637. The molecule has 0 radical (unpaired) electrons. The molecule has 1 saturated heterocycles. The number of nitrogens with zero attached hydrogens (tertiary/aromatic N) is 1. The highest BCUT2D eigenvalue weighted by atomic mass is 32.2.